The van der Waals surface area contributed by atoms with Gasteiger partial charge in [-0.3, -0.25) is 9.00 Å². The Kier molecular flexibility index (Phi) is 5.07. The molecule has 0 spiro atoms. The van der Waals surface area contributed by atoms with E-state index in [0.717, 1.165) is 0 Å². The second kappa shape index (κ2) is 6.11. The molecule has 17 heavy (non-hydrogen) atoms. The molecule has 0 aromatic heterocycles. The van der Waals surface area contributed by atoms with Crippen LogP contribution in [0.25, 0.3) is 0 Å². The SMILES string of the molecule is CC(CNC(=O)[C@@H]1CC[C@H](C(=O)O)O1)S(C)=O. The average molecular weight is 263 g/mol. The van der Waals surface area contributed by atoms with Crippen LogP contribution in [0.3, 0.4) is 0 Å². The van der Waals surface area contributed by atoms with Crippen LogP contribution in [0.5, 0.6) is 0 Å². The third-order valence-corrected chi connectivity index (χ3v) is 4.02. The van der Waals surface area contributed by atoms with Gasteiger partial charge in [0, 0.05) is 28.9 Å². The fourth-order valence-corrected chi connectivity index (χ4v) is 1.81. The fraction of sp³-hybridized carbons (Fsp3) is 0.800. The summed E-state index contributed by atoms with van der Waals surface area (Å²) in [6.45, 7) is 2.07. The molecule has 2 N–H and O–H groups in total. The van der Waals surface area contributed by atoms with E-state index in [1.807, 2.05) is 0 Å². The molecule has 0 saturated carbocycles. The van der Waals surface area contributed by atoms with Crippen LogP contribution >= 0.6 is 0 Å². The summed E-state index contributed by atoms with van der Waals surface area (Å²) < 4.78 is 16.2. The van der Waals surface area contributed by atoms with Crippen molar-refractivity contribution in [1.29, 1.82) is 0 Å². The van der Waals surface area contributed by atoms with Crippen LogP contribution in [0.4, 0.5) is 0 Å². The number of amides is 1. The van der Waals surface area contributed by atoms with Gasteiger partial charge in [0.05, 0.1) is 0 Å². The van der Waals surface area contributed by atoms with Crippen LogP contribution in [-0.4, -0.2) is 51.5 Å². The number of hydrogen-bond donors (Lipinski definition) is 2. The Morgan fingerprint density at radius 3 is 2.53 bits per heavy atom. The molecular formula is C10H17NO5S. The molecule has 6 nitrogen and oxygen atoms in total. The lowest BCUT2D eigenvalue weighted by Crippen LogP contribution is -2.39. The van der Waals surface area contributed by atoms with Crippen molar-refractivity contribution in [3.05, 3.63) is 0 Å². The number of hydrogen-bond acceptors (Lipinski definition) is 4. The van der Waals surface area contributed by atoms with E-state index in [-0.39, 0.29) is 11.2 Å². The van der Waals surface area contributed by atoms with E-state index in [0.29, 0.717) is 19.4 Å². The van der Waals surface area contributed by atoms with Gasteiger partial charge < -0.3 is 15.2 Å². The van der Waals surface area contributed by atoms with E-state index in [1.165, 1.54) is 0 Å². The first kappa shape index (κ1) is 14.1. The molecule has 7 heteroatoms. The summed E-state index contributed by atoms with van der Waals surface area (Å²) in [5.41, 5.74) is 0. The van der Waals surface area contributed by atoms with E-state index in [2.05, 4.69) is 5.32 Å². The number of aliphatic carboxylic acids is 1. The van der Waals surface area contributed by atoms with Crippen LogP contribution in [0.2, 0.25) is 0 Å². The lowest BCUT2D eigenvalue weighted by molar-refractivity contribution is -0.151. The van der Waals surface area contributed by atoms with Crippen molar-refractivity contribution < 1.29 is 23.6 Å². The van der Waals surface area contributed by atoms with Gasteiger partial charge in [0.1, 0.15) is 6.10 Å². The topological polar surface area (TPSA) is 92.7 Å². The molecule has 1 saturated heterocycles. The molecule has 1 rings (SSSR count). The van der Waals surface area contributed by atoms with Gasteiger partial charge in [0.15, 0.2) is 6.10 Å². The summed E-state index contributed by atoms with van der Waals surface area (Å²) in [5.74, 6) is -1.37. The molecule has 2 unspecified atom stereocenters. The molecule has 0 aromatic rings. The van der Waals surface area contributed by atoms with Crippen molar-refractivity contribution in [2.75, 3.05) is 12.8 Å². The zero-order valence-electron chi connectivity index (χ0n) is 9.84. The Morgan fingerprint density at radius 2 is 2.06 bits per heavy atom. The molecule has 0 bridgehead atoms. The zero-order valence-corrected chi connectivity index (χ0v) is 10.7. The predicted molar refractivity (Wildman–Crippen MR) is 62.1 cm³/mol. The zero-order chi connectivity index (χ0) is 13.0. The summed E-state index contributed by atoms with van der Waals surface area (Å²) >= 11 is 0. The number of carbonyl (C=O) groups is 2. The highest BCUT2D eigenvalue weighted by Gasteiger charge is 2.34. The van der Waals surface area contributed by atoms with Gasteiger partial charge in [-0.1, -0.05) is 0 Å². The standard InChI is InChI=1S/C10H17NO5S/c1-6(17(2)15)5-11-9(12)7-3-4-8(16-7)10(13)14/h6-8H,3-5H2,1-2H3,(H,11,12)(H,13,14)/t6?,7-,8+,17?/m0/s1. The first-order valence-electron chi connectivity index (χ1n) is 5.40. The third kappa shape index (κ3) is 4.08. The average Bonchev–Trinajstić information content (AvgIpc) is 2.74. The van der Waals surface area contributed by atoms with Gasteiger partial charge in [-0.2, -0.15) is 0 Å². The Morgan fingerprint density at radius 1 is 1.47 bits per heavy atom. The monoisotopic (exact) mass is 263 g/mol. The summed E-state index contributed by atoms with van der Waals surface area (Å²) in [6.07, 6.45) is 0.746. The molecule has 98 valence electrons. The number of rotatable bonds is 5. The van der Waals surface area contributed by atoms with Crippen molar-refractivity contribution in [2.45, 2.75) is 37.2 Å². The predicted octanol–water partition coefficient (Wildman–Crippen LogP) is -0.498. The van der Waals surface area contributed by atoms with Crippen molar-refractivity contribution >= 4 is 22.7 Å². The molecule has 1 heterocycles. The summed E-state index contributed by atoms with van der Waals surface area (Å²) in [7, 11) is -0.992. The van der Waals surface area contributed by atoms with Crippen LogP contribution in [-0.2, 0) is 25.1 Å². The van der Waals surface area contributed by atoms with Gasteiger partial charge >= 0.3 is 5.97 Å². The minimum absolute atomic E-state index is 0.129. The van der Waals surface area contributed by atoms with Crippen LogP contribution in [0.1, 0.15) is 19.8 Å². The lowest BCUT2D eigenvalue weighted by atomic mass is 10.2. The molecule has 1 fully saturated rings. The van der Waals surface area contributed by atoms with E-state index >= 15 is 0 Å². The van der Waals surface area contributed by atoms with E-state index in [1.54, 1.807) is 13.2 Å². The Bertz CT molecular complexity index is 333. The smallest absolute Gasteiger partial charge is 0.332 e. The number of carbonyl (C=O) groups excluding carboxylic acids is 1. The van der Waals surface area contributed by atoms with Gasteiger partial charge in [0.2, 0.25) is 5.91 Å². The lowest BCUT2D eigenvalue weighted by Gasteiger charge is -2.14. The molecule has 1 aliphatic rings. The van der Waals surface area contributed by atoms with E-state index in [9.17, 15) is 13.8 Å². The van der Waals surface area contributed by atoms with Crippen molar-refractivity contribution in [3.8, 4) is 0 Å². The molecule has 0 aromatic carbocycles. The van der Waals surface area contributed by atoms with E-state index < -0.39 is 29.0 Å². The van der Waals surface area contributed by atoms with Crippen LogP contribution < -0.4 is 5.32 Å². The minimum atomic E-state index is -1.04. The molecule has 0 radical (unpaired) electrons. The van der Waals surface area contributed by atoms with Gasteiger partial charge in [-0.25, -0.2) is 4.79 Å². The number of nitrogens with one attached hydrogen (secondary N) is 1. The third-order valence-electron chi connectivity index (χ3n) is 2.72. The fourth-order valence-electron chi connectivity index (χ4n) is 1.49. The van der Waals surface area contributed by atoms with Crippen molar-refractivity contribution in [2.24, 2.45) is 0 Å². The Hall–Kier alpha value is -0.950. The minimum Gasteiger partial charge on any atom is -0.479 e. The molecule has 1 aliphatic heterocycles. The van der Waals surface area contributed by atoms with E-state index in [4.69, 9.17) is 9.84 Å². The summed E-state index contributed by atoms with van der Waals surface area (Å²) in [5, 5.41) is 11.2. The first-order chi connectivity index (χ1) is 7.91. The summed E-state index contributed by atoms with van der Waals surface area (Å²) in [6, 6.07) is 0. The maximum Gasteiger partial charge on any atom is 0.332 e. The highest BCUT2D eigenvalue weighted by molar-refractivity contribution is 7.84. The number of carboxylic acids is 1. The molecule has 4 atom stereocenters. The molecule has 1 amide bonds. The summed E-state index contributed by atoms with van der Waals surface area (Å²) in [4.78, 5) is 22.2. The van der Waals surface area contributed by atoms with Gasteiger partial charge in [-0.15, -0.1) is 0 Å². The maximum absolute atomic E-state index is 11.6. The quantitative estimate of drug-likeness (QED) is 0.697. The maximum atomic E-state index is 11.6. The second-order valence-corrected chi connectivity index (χ2v) is 5.89. The number of ether oxygens (including phenoxy) is 1. The van der Waals surface area contributed by atoms with Crippen molar-refractivity contribution in [1.82, 2.24) is 5.32 Å². The molecule has 0 aliphatic carbocycles. The van der Waals surface area contributed by atoms with Gasteiger partial charge in [0.25, 0.3) is 0 Å². The normalized spacial score (nSPS) is 27.4. The van der Waals surface area contributed by atoms with Crippen molar-refractivity contribution in [3.63, 3.8) is 0 Å². The first-order valence-corrected chi connectivity index (χ1v) is 7.02. The van der Waals surface area contributed by atoms with Crippen LogP contribution in [0, 0.1) is 0 Å². The Labute approximate surface area is 102 Å². The van der Waals surface area contributed by atoms with Gasteiger partial charge in [-0.05, 0) is 19.8 Å². The highest BCUT2D eigenvalue weighted by Crippen LogP contribution is 2.19. The largest absolute Gasteiger partial charge is 0.479 e. The Balaban J connectivity index is 2.35. The second-order valence-electron chi connectivity index (χ2n) is 4.08. The highest BCUT2D eigenvalue weighted by atomic mass is 32.2. The molecular weight excluding hydrogens is 246 g/mol. The number of carboxylic acid groups (broad SMARTS) is 1. The van der Waals surface area contributed by atoms with Crippen LogP contribution in [0.15, 0.2) is 0 Å².